The van der Waals surface area contributed by atoms with Crippen molar-refractivity contribution >= 4 is 45.9 Å². The van der Waals surface area contributed by atoms with Crippen LogP contribution in [0, 0.1) is 5.92 Å². The Morgan fingerprint density at radius 2 is 1.90 bits per heavy atom. The van der Waals surface area contributed by atoms with E-state index in [1.165, 1.54) is 6.42 Å². The van der Waals surface area contributed by atoms with Crippen molar-refractivity contribution in [3.8, 4) is 0 Å². The number of aliphatic imine (C=N–C) groups is 1. The molecule has 0 unspecified atom stereocenters. The summed E-state index contributed by atoms with van der Waals surface area (Å²) in [5.74, 6) is 2.05. The minimum atomic E-state index is -3.27. The number of piperazine rings is 1. The molecule has 2 N–H and O–H groups in total. The Hall–Kier alpha value is -1.21. The Kier molecular flexibility index (Phi) is 9.83. The van der Waals surface area contributed by atoms with Crippen molar-refractivity contribution in [2.24, 2.45) is 10.9 Å². The molecule has 1 aliphatic heterocycles. The van der Waals surface area contributed by atoms with Gasteiger partial charge in [0.1, 0.15) is 0 Å². The Morgan fingerprint density at radius 3 is 2.48 bits per heavy atom. The number of guanidine groups is 1. The molecular weight excluding hydrogens is 505 g/mol. The van der Waals surface area contributed by atoms with E-state index < -0.39 is 10.0 Å². The molecule has 0 amide bonds. The molecule has 164 valence electrons. The van der Waals surface area contributed by atoms with E-state index >= 15 is 0 Å². The predicted molar refractivity (Wildman–Crippen MR) is 126 cm³/mol. The number of hydrogen-bond acceptors (Lipinski definition) is 6. The lowest BCUT2D eigenvalue weighted by Gasteiger charge is -2.36. The van der Waals surface area contributed by atoms with E-state index in [2.05, 4.69) is 34.8 Å². The third kappa shape index (κ3) is 7.52. The Balaban J connectivity index is 0.00000300. The van der Waals surface area contributed by atoms with Gasteiger partial charge in [-0.05, 0) is 31.7 Å². The highest BCUT2D eigenvalue weighted by atomic mass is 127. The highest BCUT2D eigenvalue weighted by Crippen LogP contribution is 2.25. The lowest BCUT2D eigenvalue weighted by atomic mass is 9.86. The first kappa shape index (κ1) is 24.1. The molecule has 9 nitrogen and oxygen atoms in total. The molecule has 0 atom stereocenters. The van der Waals surface area contributed by atoms with Crippen LogP contribution in [0.25, 0.3) is 0 Å². The fraction of sp³-hybridized carbons (Fsp3) is 0.722. The summed E-state index contributed by atoms with van der Waals surface area (Å²) in [6.07, 6.45) is 6.97. The lowest BCUT2D eigenvalue weighted by Crippen LogP contribution is -2.53. The zero-order chi connectivity index (χ0) is 19.8. The Labute approximate surface area is 190 Å². The van der Waals surface area contributed by atoms with Crippen molar-refractivity contribution in [1.29, 1.82) is 0 Å². The monoisotopic (exact) mass is 537 g/mol. The molecule has 3 rings (SSSR count). The maximum atomic E-state index is 12.2. The van der Waals surface area contributed by atoms with Gasteiger partial charge in [-0.15, -0.1) is 24.0 Å². The summed E-state index contributed by atoms with van der Waals surface area (Å²) in [4.78, 5) is 17.5. The second-order valence-electron chi connectivity index (χ2n) is 7.22. The lowest BCUT2D eigenvalue weighted by molar-refractivity contribution is 0.316. The zero-order valence-electron chi connectivity index (χ0n) is 17.0. The van der Waals surface area contributed by atoms with Gasteiger partial charge in [0.2, 0.25) is 16.0 Å². The number of halogens is 1. The molecule has 11 heteroatoms. The zero-order valence-corrected chi connectivity index (χ0v) is 20.1. The summed E-state index contributed by atoms with van der Waals surface area (Å²) < 4.78 is 27.0. The second kappa shape index (κ2) is 11.8. The number of rotatable bonds is 8. The molecule has 2 fully saturated rings. The number of aromatic nitrogens is 2. The van der Waals surface area contributed by atoms with E-state index in [0.717, 1.165) is 57.5 Å². The van der Waals surface area contributed by atoms with Crippen molar-refractivity contribution in [2.75, 3.05) is 56.5 Å². The summed E-state index contributed by atoms with van der Waals surface area (Å²) in [6, 6.07) is 1.81. The van der Waals surface area contributed by atoms with Gasteiger partial charge >= 0.3 is 0 Å². The highest BCUT2D eigenvalue weighted by Gasteiger charge is 2.22. The van der Waals surface area contributed by atoms with Gasteiger partial charge in [0.25, 0.3) is 0 Å². The van der Waals surface area contributed by atoms with Gasteiger partial charge in [0, 0.05) is 51.7 Å². The molecule has 0 aromatic carbocycles. The van der Waals surface area contributed by atoms with Crippen LogP contribution in [-0.4, -0.2) is 80.8 Å². The first-order valence-corrected chi connectivity index (χ1v) is 11.7. The average Bonchev–Trinajstić information content (AvgIpc) is 2.67. The molecule has 1 aromatic heterocycles. The largest absolute Gasteiger partial charge is 0.357 e. The van der Waals surface area contributed by atoms with E-state index in [4.69, 9.17) is 0 Å². The normalized spacial score (nSPS) is 18.2. The molecule has 1 saturated carbocycles. The van der Waals surface area contributed by atoms with Gasteiger partial charge in [-0.25, -0.2) is 23.1 Å². The van der Waals surface area contributed by atoms with Crippen molar-refractivity contribution in [3.05, 3.63) is 18.5 Å². The second-order valence-corrected chi connectivity index (χ2v) is 9.15. The first-order valence-electron chi connectivity index (χ1n) is 10.1. The third-order valence-electron chi connectivity index (χ3n) is 5.19. The molecule has 0 bridgehead atoms. The van der Waals surface area contributed by atoms with E-state index in [1.807, 2.05) is 13.0 Å². The Morgan fingerprint density at radius 1 is 1.21 bits per heavy atom. The minimum Gasteiger partial charge on any atom is -0.357 e. The van der Waals surface area contributed by atoms with Crippen LogP contribution in [-0.2, 0) is 10.0 Å². The minimum absolute atomic E-state index is 0. The summed E-state index contributed by atoms with van der Waals surface area (Å²) in [5.41, 5.74) is 0. The fourth-order valence-electron chi connectivity index (χ4n) is 3.28. The van der Waals surface area contributed by atoms with Gasteiger partial charge in [0.15, 0.2) is 5.96 Å². The highest BCUT2D eigenvalue weighted by molar-refractivity contribution is 14.0. The van der Waals surface area contributed by atoms with Crippen LogP contribution < -0.4 is 14.9 Å². The fourth-order valence-corrected chi connectivity index (χ4v) is 4.25. The molecule has 1 aromatic rings. The number of anilines is 1. The van der Waals surface area contributed by atoms with E-state index in [-0.39, 0.29) is 36.3 Å². The number of sulfonamides is 1. The van der Waals surface area contributed by atoms with Crippen LogP contribution >= 0.6 is 24.0 Å². The molecule has 0 spiro atoms. The van der Waals surface area contributed by atoms with Crippen molar-refractivity contribution in [2.45, 2.75) is 26.2 Å². The number of hydrogen-bond donors (Lipinski definition) is 2. The van der Waals surface area contributed by atoms with Crippen LogP contribution in [0.2, 0.25) is 0 Å². The van der Waals surface area contributed by atoms with Gasteiger partial charge in [-0.3, -0.25) is 4.99 Å². The number of nitrogens with one attached hydrogen (secondary N) is 2. The molecule has 29 heavy (non-hydrogen) atoms. The SMILES string of the molecule is CCNC(=NCCS(=O)(=O)NCC1CCC1)N1CCN(c2ncccn2)CC1.I. The van der Waals surface area contributed by atoms with Crippen molar-refractivity contribution < 1.29 is 8.42 Å². The molecule has 1 saturated heterocycles. The molecule has 1 aliphatic carbocycles. The van der Waals surface area contributed by atoms with Crippen LogP contribution in [0.5, 0.6) is 0 Å². The summed E-state index contributed by atoms with van der Waals surface area (Å²) in [7, 11) is -3.27. The maximum absolute atomic E-state index is 12.2. The summed E-state index contributed by atoms with van der Waals surface area (Å²) >= 11 is 0. The van der Waals surface area contributed by atoms with Crippen molar-refractivity contribution in [3.63, 3.8) is 0 Å². The molecule has 2 heterocycles. The molecule has 0 radical (unpaired) electrons. The summed E-state index contributed by atoms with van der Waals surface area (Å²) in [6.45, 7) is 6.76. The predicted octanol–water partition coefficient (Wildman–Crippen LogP) is 0.902. The maximum Gasteiger partial charge on any atom is 0.225 e. The van der Waals surface area contributed by atoms with E-state index in [9.17, 15) is 8.42 Å². The standard InChI is InChI=1S/C18H31N7O2S.HI/c1-2-19-17(22-9-14-28(26,27)23-15-16-5-3-6-16)24-10-12-25(13-11-24)18-20-7-4-8-21-18;/h4,7-8,16,23H,2-3,5-6,9-15H2,1H3,(H,19,22);1H. The van der Waals surface area contributed by atoms with Crippen LogP contribution in [0.15, 0.2) is 23.5 Å². The summed E-state index contributed by atoms with van der Waals surface area (Å²) in [5, 5.41) is 3.27. The van der Waals surface area contributed by atoms with E-state index in [1.54, 1.807) is 12.4 Å². The molecule has 2 aliphatic rings. The van der Waals surface area contributed by atoms with Gasteiger partial charge in [-0.2, -0.15) is 0 Å². The third-order valence-corrected chi connectivity index (χ3v) is 6.51. The first-order chi connectivity index (χ1) is 13.6. The molecular formula is C18H32IN7O2S. The number of nitrogens with zero attached hydrogens (tertiary/aromatic N) is 5. The van der Waals surface area contributed by atoms with Crippen LogP contribution in [0.4, 0.5) is 5.95 Å². The van der Waals surface area contributed by atoms with Crippen molar-refractivity contribution in [1.82, 2.24) is 24.9 Å². The van der Waals surface area contributed by atoms with Crippen LogP contribution in [0.1, 0.15) is 26.2 Å². The quantitative estimate of drug-likeness (QED) is 0.289. The van der Waals surface area contributed by atoms with Gasteiger partial charge < -0.3 is 15.1 Å². The smallest absolute Gasteiger partial charge is 0.225 e. The topological polar surface area (TPSA) is 103 Å². The van der Waals surface area contributed by atoms with Crippen LogP contribution in [0.3, 0.4) is 0 Å². The van der Waals surface area contributed by atoms with E-state index in [0.29, 0.717) is 12.5 Å². The van der Waals surface area contributed by atoms with Gasteiger partial charge in [-0.1, -0.05) is 6.42 Å². The van der Waals surface area contributed by atoms with Gasteiger partial charge in [0.05, 0.1) is 12.3 Å². The average molecular weight is 537 g/mol. The Bertz CT molecular complexity index is 736.